The maximum Gasteiger partial charge on any atom is 0.118 e. The summed E-state index contributed by atoms with van der Waals surface area (Å²) in [4.78, 5) is 2.38. The molecule has 3 nitrogen and oxygen atoms in total. The van der Waals surface area contributed by atoms with Crippen LogP contribution in [-0.2, 0) is 6.54 Å². The lowest BCUT2D eigenvalue weighted by Crippen LogP contribution is -2.43. The van der Waals surface area contributed by atoms with Gasteiger partial charge in [-0.1, -0.05) is 0 Å². The van der Waals surface area contributed by atoms with Crippen LogP contribution < -0.4 is 5.32 Å². The first-order valence-corrected chi connectivity index (χ1v) is 5.72. The van der Waals surface area contributed by atoms with Crippen LogP contribution in [0.5, 0.6) is 0 Å². The number of rotatable bonds is 3. The molecular weight excluding hydrogens is 188 g/mol. The SMILES string of the molecule is Cc1ccc(CN(C)C2CCCNC2)o1. The van der Waals surface area contributed by atoms with Gasteiger partial charge in [0.05, 0.1) is 6.54 Å². The van der Waals surface area contributed by atoms with E-state index in [9.17, 15) is 0 Å². The quantitative estimate of drug-likeness (QED) is 0.820. The molecule has 1 aromatic heterocycles. The number of nitrogens with zero attached hydrogens (tertiary/aromatic N) is 1. The molecule has 1 aliphatic heterocycles. The number of aryl methyl sites for hydroxylation is 1. The molecule has 1 aliphatic rings. The first-order chi connectivity index (χ1) is 7.25. The summed E-state index contributed by atoms with van der Waals surface area (Å²) in [6, 6.07) is 4.76. The van der Waals surface area contributed by atoms with Crippen molar-refractivity contribution >= 4 is 0 Å². The first-order valence-electron chi connectivity index (χ1n) is 5.72. The third-order valence-electron chi connectivity index (χ3n) is 3.10. The van der Waals surface area contributed by atoms with Crippen molar-refractivity contribution < 1.29 is 4.42 Å². The molecule has 1 fully saturated rings. The average molecular weight is 208 g/mol. The number of likely N-dealkylation sites (N-methyl/N-ethyl adjacent to an activating group) is 1. The van der Waals surface area contributed by atoms with Crippen molar-refractivity contribution in [2.75, 3.05) is 20.1 Å². The standard InChI is InChI=1S/C12H20N2O/c1-10-5-6-12(15-10)9-14(2)11-4-3-7-13-8-11/h5-6,11,13H,3-4,7-9H2,1-2H3. The number of hydrogen-bond donors (Lipinski definition) is 1. The van der Waals surface area contributed by atoms with Crippen molar-refractivity contribution in [1.82, 2.24) is 10.2 Å². The van der Waals surface area contributed by atoms with Gasteiger partial charge in [-0.2, -0.15) is 0 Å². The molecule has 0 aliphatic carbocycles. The summed E-state index contributed by atoms with van der Waals surface area (Å²) in [6.45, 7) is 5.19. The number of hydrogen-bond acceptors (Lipinski definition) is 3. The molecule has 0 amide bonds. The number of furan rings is 1. The molecule has 1 N–H and O–H groups in total. The lowest BCUT2D eigenvalue weighted by molar-refractivity contribution is 0.182. The second kappa shape index (κ2) is 4.81. The minimum atomic E-state index is 0.657. The van der Waals surface area contributed by atoms with E-state index in [1.54, 1.807) is 0 Å². The van der Waals surface area contributed by atoms with Gasteiger partial charge in [-0.15, -0.1) is 0 Å². The molecule has 2 heterocycles. The molecule has 15 heavy (non-hydrogen) atoms. The fraction of sp³-hybridized carbons (Fsp3) is 0.667. The van der Waals surface area contributed by atoms with Crippen molar-refractivity contribution in [2.45, 2.75) is 32.4 Å². The van der Waals surface area contributed by atoms with Crippen LogP contribution in [0.15, 0.2) is 16.5 Å². The predicted molar refractivity (Wildman–Crippen MR) is 60.8 cm³/mol. The molecule has 3 heteroatoms. The van der Waals surface area contributed by atoms with Gasteiger partial charge in [0.25, 0.3) is 0 Å². The van der Waals surface area contributed by atoms with Crippen LogP contribution in [0.3, 0.4) is 0 Å². The minimum absolute atomic E-state index is 0.657. The van der Waals surface area contributed by atoms with Gasteiger partial charge in [0.1, 0.15) is 11.5 Å². The van der Waals surface area contributed by atoms with Gasteiger partial charge in [0.2, 0.25) is 0 Å². The summed E-state index contributed by atoms with van der Waals surface area (Å²) >= 11 is 0. The fourth-order valence-electron chi connectivity index (χ4n) is 2.15. The van der Waals surface area contributed by atoms with E-state index in [4.69, 9.17) is 4.42 Å². The Morgan fingerprint density at radius 2 is 2.40 bits per heavy atom. The van der Waals surface area contributed by atoms with Crippen LogP contribution in [0.1, 0.15) is 24.4 Å². The highest BCUT2D eigenvalue weighted by Gasteiger charge is 2.18. The van der Waals surface area contributed by atoms with Gasteiger partial charge >= 0.3 is 0 Å². The molecule has 0 aromatic carbocycles. The van der Waals surface area contributed by atoms with Crippen LogP contribution >= 0.6 is 0 Å². The number of nitrogens with one attached hydrogen (secondary N) is 1. The second-order valence-electron chi connectivity index (χ2n) is 4.43. The molecule has 0 saturated carbocycles. The van der Waals surface area contributed by atoms with E-state index in [2.05, 4.69) is 23.3 Å². The molecule has 1 aromatic rings. The maximum atomic E-state index is 5.58. The van der Waals surface area contributed by atoms with E-state index in [0.29, 0.717) is 6.04 Å². The van der Waals surface area contributed by atoms with Crippen LogP contribution in [0.2, 0.25) is 0 Å². The molecule has 84 valence electrons. The van der Waals surface area contributed by atoms with E-state index in [1.807, 2.05) is 13.0 Å². The van der Waals surface area contributed by atoms with Crippen molar-refractivity contribution in [3.8, 4) is 0 Å². The number of piperidine rings is 1. The van der Waals surface area contributed by atoms with E-state index < -0.39 is 0 Å². The van der Waals surface area contributed by atoms with Gasteiger partial charge in [-0.05, 0) is 45.5 Å². The first kappa shape index (κ1) is 10.7. The average Bonchev–Trinajstić information content (AvgIpc) is 2.65. The molecule has 0 spiro atoms. The van der Waals surface area contributed by atoms with Crippen molar-refractivity contribution in [3.63, 3.8) is 0 Å². The van der Waals surface area contributed by atoms with Crippen LogP contribution in [0, 0.1) is 6.92 Å². The van der Waals surface area contributed by atoms with Gasteiger partial charge < -0.3 is 9.73 Å². The van der Waals surface area contributed by atoms with Gasteiger partial charge in [0, 0.05) is 12.6 Å². The molecule has 1 atom stereocenters. The molecule has 1 unspecified atom stereocenters. The Morgan fingerprint density at radius 3 is 3.00 bits per heavy atom. The van der Waals surface area contributed by atoms with Gasteiger partial charge in [-0.3, -0.25) is 4.90 Å². The molecule has 0 bridgehead atoms. The largest absolute Gasteiger partial charge is 0.465 e. The van der Waals surface area contributed by atoms with E-state index >= 15 is 0 Å². The summed E-state index contributed by atoms with van der Waals surface area (Å²) in [5.41, 5.74) is 0. The zero-order chi connectivity index (χ0) is 10.7. The van der Waals surface area contributed by atoms with Crippen molar-refractivity contribution in [1.29, 1.82) is 0 Å². The van der Waals surface area contributed by atoms with Crippen LogP contribution in [-0.4, -0.2) is 31.1 Å². The summed E-state index contributed by atoms with van der Waals surface area (Å²) < 4.78 is 5.58. The highest BCUT2D eigenvalue weighted by atomic mass is 16.3. The van der Waals surface area contributed by atoms with E-state index in [-0.39, 0.29) is 0 Å². The summed E-state index contributed by atoms with van der Waals surface area (Å²) in [6.07, 6.45) is 2.58. The summed E-state index contributed by atoms with van der Waals surface area (Å²) in [5, 5.41) is 3.43. The molecule has 0 radical (unpaired) electrons. The van der Waals surface area contributed by atoms with E-state index in [1.165, 1.54) is 19.4 Å². The summed E-state index contributed by atoms with van der Waals surface area (Å²) in [5.74, 6) is 2.07. The third-order valence-corrected chi connectivity index (χ3v) is 3.10. The Hall–Kier alpha value is -0.800. The van der Waals surface area contributed by atoms with Crippen LogP contribution in [0.25, 0.3) is 0 Å². The Balaban J connectivity index is 1.88. The second-order valence-corrected chi connectivity index (χ2v) is 4.43. The zero-order valence-electron chi connectivity index (χ0n) is 9.62. The smallest absolute Gasteiger partial charge is 0.118 e. The normalized spacial score (nSPS) is 22.2. The molecule has 1 saturated heterocycles. The zero-order valence-corrected chi connectivity index (χ0v) is 9.62. The topological polar surface area (TPSA) is 28.4 Å². The van der Waals surface area contributed by atoms with Crippen molar-refractivity contribution in [3.05, 3.63) is 23.7 Å². The molecule has 2 rings (SSSR count). The maximum absolute atomic E-state index is 5.58. The lowest BCUT2D eigenvalue weighted by atomic mass is 10.1. The highest BCUT2D eigenvalue weighted by molar-refractivity contribution is 5.05. The Morgan fingerprint density at radius 1 is 1.53 bits per heavy atom. The monoisotopic (exact) mass is 208 g/mol. The molecular formula is C12H20N2O. The fourth-order valence-corrected chi connectivity index (χ4v) is 2.15. The minimum Gasteiger partial charge on any atom is -0.465 e. The van der Waals surface area contributed by atoms with E-state index in [0.717, 1.165) is 24.6 Å². The summed E-state index contributed by atoms with van der Waals surface area (Å²) in [7, 11) is 2.18. The Kier molecular flexibility index (Phi) is 3.44. The van der Waals surface area contributed by atoms with Gasteiger partial charge in [0.15, 0.2) is 0 Å². The van der Waals surface area contributed by atoms with Gasteiger partial charge in [-0.25, -0.2) is 0 Å². The highest BCUT2D eigenvalue weighted by Crippen LogP contribution is 2.14. The third kappa shape index (κ3) is 2.83. The van der Waals surface area contributed by atoms with Crippen LogP contribution in [0.4, 0.5) is 0 Å². The lowest BCUT2D eigenvalue weighted by Gasteiger charge is -2.31. The van der Waals surface area contributed by atoms with Crippen molar-refractivity contribution in [2.24, 2.45) is 0 Å². The predicted octanol–water partition coefficient (Wildman–Crippen LogP) is 1.77. The Bertz CT molecular complexity index is 302. The Labute approximate surface area is 91.4 Å².